The van der Waals surface area contributed by atoms with Crippen LogP contribution in [0.3, 0.4) is 0 Å². The topological polar surface area (TPSA) is 98.7 Å². The first-order valence-electron chi connectivity index (χ1n) is 10.4. The standard InChI is InChI=1S/C25H24I2N2O4/c26-21-14-17(7-9-24(32)28-10-11-30)15-22(27)19(21)12-16-6-8-23(31)20(13-16)25(33)29-18-4-2-1-3-5-18/h1-6,8,13-15,30-31H,7,9-12H2,(H,28,32)(H,29,33). The van der Waals surface area contributed by atoms with Gasteiger partial charge in [-0.1, -0.05) is 24.3 Å². The number of benzene rings is 3. The van der Waals surface area contributed by atoms with E-state index in [1.54, 1.807) is 24.3 Å². The van der Waals surface area contributed by atoms with Crippen molar-refractivity contribution in [2.45, 2.75) is 19.3 Å². The van der Waals surface area contributed by atoms with Crippen LogP contribution in [-0.4, -0.2) is 35.2 Å². The number of hydrogen-bond donors (Lipinski definition) is 4. The van der Waals surface area contributed by atoms with Gasteiger partial charge in [0.2, 0.25) is 5.91 Å². The Morgan fingerprint density at radius 1 is 0.909 bits per heavy atom. The van der Waals surface area contributed by atoms with Crippen molar-refractivity contribution in [1.29, 1.82) is 0 Å². The molecule has 0 fully saturated rings. The highest BCUT2D eigenvalue weighted by molar-refractivity contribution is 14.1. The number of amides is 2. The fourth-order valence-electron chi connectivity index (χ4n) is 3.31. The molecule has 0 aliphatic carbocycles. The number of aryl methyl sites for hydroxylation is 1. The Bertz CT molecular complexity index is 1110. The van der Waals surface area contributed by atoms with Gasteiger partial charge in [-0.3, -0.25) is 9.59 Å². The largest absolute Gasteiger partial charge is 0.507 e. The molecule has 2 amide bonds. The number of halogens is 2. The minimum atomic E-state index is -0.361. The molecule has 0 bridgehead atoms. The second-order valence-corrected chi connectivity index (χ2v) is 9.78. The number of hydrogen-bond acceptors (Lipinski definition) is 4. The Morgan fingerprint density at radius 3 is 2.27 bits per heavy atom. The number of aromatic hydroxyl groups is 1. The van der Waals surface area contributed by atoms with E-state index in [0.29, 0.717) is 24.9 Å². The Balaban J connectivity index is 1.73. The van der Waals surface area contributed by atoms with Crippen LogP contribution in [0.15, 0.2) is 60.7 Å². The highest BCUT2D eigenvalue weighted by atomic mass is 127. The van der Waals surface area contributed by atoms with Crippen LogP contribution < -0.4 is 10.6 Å². The van der Waals surface area contributed by atoms with Crippen LogP contribution in [0.2, 0.25) is 0 Å². The Hall–Kier alpha value is -2.18. The number of anilines is 1. The summed E-state index contributed by atoms with van der Waals surface area (Å²) in [6.07, 6.45) is 1.59. The predicted octanol–water partition coefficient (Wildman–Crippen LogP) is 4.49. The lowest BCUT2D eigenvalue weighted by Gasteiger charge is -2.13. The molecule has 8 heteroatoms. The van der Waals surface area contributed by atoms with Gasteiger partial charge in [0.05, 0.1) is 12.2 Å². The summed E-state index contributed by atoms with van der Waals surface area (Å²) in [5, 5.41) is 24.5. The van der Waals surface area contributed by atoms with Crippen molar-refractivity contribution in [1.82, 2.24) is 5.32 Å². The number of aliphatic hydroxyl groups excluding tert-OH is 1. The summed E-state index contributed by atoms with van der Waals surface area (Å²) in [4.78, 5) is 24.5. The second-order valence-electron chi connectivity index (χ2n) is 7.46. The van der Waals surface area contributed by atoms with Crippen LogP contribution in [0.4, 0.5) is 5.69 Å². The molecule has 0 spiro atoms. The molecule has 0 aliphatic heterocycles. The van der Waals surface area contributed by atoms with Crippen molar-refractivity contribution >= 4 is 62.7 Å². The first kappa shape index (κ1) is 25.4. The minimum absolute atomic E-state index is 0.0635. The highest BCUT2D eigenvalue weighted by Gasteiger charge is 2.15. The van der Waals surface area contributed by atoms with Crippen LogP contribution in [0.1, 0.15) is 33.5 Å². The third kappa shape index (κ3) is 7.41. The van der Waals surface area contributed by atoms with Gasteiger partial charge < -0.3 is 20.8 Å². The van der Waals surface area contributed by atoms with Gasteiger partial charge in [0.25, 0.3) is 5.91 Å². The molecule has 3 aromatic rings. The van der Waals surface area contributed by atoms with E-state index in [4.69, 9.17) is 5.11 Å². The average Bonchev–Trinajstić information content (AvgIpc) is 2.80. The Labute approximate surface area is 220 Å². The monoisotopic (exact) mass is 670 g/mol. The van der Waals surface area contributed by atoms with Crippen LogP contribution in [-0.2, 0) is 17.6 Å². The molecule has 172 valence electrons. The maximum Gasteiger partial charge on any atom is 0.259 e. The van der Waals surface area contributed by atoms with Gasteiger partial charge in [-0.15, -0.1) is 0 Å². The minimum Gasteiger partial charge on any atom is -0.507 e. The van der Waals surface area contributed by atoms with Gasteiger partial charge in [0, 0.05) is 25.8 Å². The number of aliphatic hydroxyl groups is 1. The zero-order chi connectivity index (χ0) is 23.8. The summed E-state index contributed by atoms with van der Waals surface area (Å²) >= 11 is 4.59. The first-order valence-corrected chi connectivity index (χ1v) is 12.6. The molecule has 6 nitrogen and oxygen atoms in total. The smallest absolute Gasteiger partial charge is 0.259 e. The van der Waals surface area contributed by atoms with Crippen molar-refractivity contribution in [3.63, 3.8) is 0 Å². The van der Waals surface area contributed by atoms with Crippen molar-refractivity contribution in [2.24, 2.45) is 0 Å². The maximum atomic E-state index is 12.7. The zero-order valence-corrected chi connectivity index (χ0v) is 22.1. The molecule has 0 saturated heterocycles. The van der Waals surface area contributed by atoms with Gasteiger partial charge in [-0.25, -0.2) is 0 Å². The normalized spacial score (nSPS) is 10.6. The number of carbonyl (C=O) groups excluding carboxylic acids is 2. The molecule has 0 heterocycles. The summed E-state index contributed by atoms with van der Waals surface area (Å²) in [6.45, 7) is 0.202. The fraction of sp³-hybridized carbons (Fsp3) is 0.200. The number of nitrogens with one attached hydrogen (secondary N) is 2. The lowest BCUT2D eigenvalue weighted by molar-refractivity contribution is -0.121. The van der Waals surface area contributed by atoms with Gasteiger partial charge in [0.15, 0.2) is 0 Å². The highest BCUT2D eigenvalue weighted by Crippen LogP contribution is 2.27. The van der Waals surface area contributed by atoms with Crippen LogP contribution in [0.5, 0.6) is 5.75 Å². The summed E-state index contributed by atoms with van der Waals surface area (Å²) in [7, 11) is 0. The van der Waals surface area contributed by atoms with Crippen molar-refractivity contribution in [2.75, 3.05) is 18.5 Å². The molecule has 3 aromatic carbocycles. The average molecular weight is 670 g/mol. The second kappa shape index (κ2) is 12.3. The molecule has 3 rings (SSSR count). The summed E-state index contributed by atoms with van der Waals surface area (Å²) in [6, 6.07) is 18.4. The molecular formula is C25H24I2N2O4. The summed E-state index contributed by atoms with van der Waals surface area (Å²) in [5.41, 5.74) is 4.01. The molecule has 33 heavy (non-hydrogen) atoms. The third-order valence-electron chi connectivity index (χ3n) is 4.99. The summed E-state index contributed by atoms with van der Waals surface area (Å²) < 4.78 is 2.15. The SMILES string of the molecule is O=C(CCc1cc(I)c(Cc2ccc(O)c(C(=O)Nc3ccccc3)c2)c(I)c1)NCCO. The van der Waals surface area contributed by atoms with E-state index in [0.717, 1.165) is 23.8 Å². The quantitative estimate of drug-likeness (QED) is 0.253. The van der Waals surface area contributed by atoms with Crippen molar-refractivity contribution < 1.29 is 19.8 Å². The van der Waals surface area contributed by atoms with Crippen molar-refractivity contribution in [3.8, 4) is 5.75 Å². The Morgan fingerprint density at radius 2 is 1.61 bits per heavy atom. The fourth-order valence-corrected chi connectivity index (χ4v) is 5.59. The maximum absolute atomic E-state index is 12.7. The van der Waals surface area contributed by atoms with Crippen molar-refractivity contribution in [3.05, 3.63) is 90.1 Å². The molecule has 0 unspecified atom stereocenters. The number of carbonyl (C=O) groups is 2. The Kier molecular flexibility index (Phi) is 9.51. The van der Waals surface area contributed by atoms with E-state index < -0.39 is 0 Å². The van der Waals surface area contributed by atoms with E-state index in [1.165, 1.54) is 0 Å². The number of phenolic OH excluding ortho intramolecular Hbond substituents is 1. The number of para-hydroxylation sites is 1. The van der Waals surface area contributed by atoms with Gasteiger partial charge in [0.1, 0.15) is 5.75 Å². The lowest BCUT2D eigenvalue weighted by atomic mass is 9.99. The summed E-state index contributed by atoms with van der Waals surface area (Å²) in [5.74, 6) is -0.505. The van der Waals surface area contributed by atoms with E-state index in [-0.39, 0.29) is 36.3 Å². The molecule has 0 radical (unpaired) electrons. The van der Waals surface area contributed by atoms with E-state index in [1.807, 2.05) is 24.3 Å². The molecule has 0 atom stereocenters. The molecular weight excluding hydrogens is 646 g/mol. The molecule has 0 aromatic heterocycles. The van der Waals surface area contributed by atoms with Crippen LogP contribution in [0.25, 0.3) is 0 Å². The zero-order valence-electron chi connectivity index (χ0n) is 17.8. The molecule has 4 N–H and O–H groups in total. The number of rotatable bonds is 9. The van der Waals surface area contributed by atoms with E-state index in [2.05, 4.69) is 67.9 Å². The van der Waals surface area contributed by atoms with Gasteiger partial charge >= 0.3 is 0 Å². The van der Waals surface area contributed by atoms with Crippen LogP contribution >= 0.6 is 45.2 Å². The first-order chi connectivity index (χ1) is 15.9. The van der Waals surface area contributed by atoms with Gasteiger partial charge in [-0.2, -0.15) is 0 Å². The lowest BCUT2D eigenvalue weighted by Crippen LogP contribution is -2.26. The molecule has 0 saturated carbocycles. The van der Waals surface area contributed by atoms with Gasteiger partial charge in [-0.05, 0) is 111 Å². The predicted molar refractivity (Wildman–Crippen MR) is 146 cm³/mol. The number of phenols is 1. The third-order valence-corrected chi connectivity index (χ3v) is 6.92. The van der Waals surface area contributed by atoms with E-state index >= 15 is 0 Å². The van der Waals surface area contributed by atoms with Crippen LogP contribution in [0, 0.1) is 7.14 Å². The molecule has 0 aliphatic rings. The van der Waals surface area contributed by atoms with E-state index in [9.17, 15) is 14.7 Å².